The Morgan fingerprint density at radius 3 is 2.18 bits per heavy atom. The summed E-state index contributed by atoms with van der Waals surface area (Å²) in [6, 6.07) is 9.75. The highest BCUT2D eigenvalue weighted by Crippen LogP contribution is 2.16. The third-order valence-electron chi connectivity index (χ3n) is 3.26. The lowest BCUT2D eigenvalue weighted by molar-refractivity contribution is 0.486. The van der Waals surface area contributed by atoms with Gasteiger partial charge in [-0.2, -0.15) is 0 Å². The summed E-state index contributed by atoms with van der Waals surface area (Å²) in [5.74, 6) is 0.629. The molecule has 0 radical (unpaired) electrons. The first-order chi connectivity index (χ1) is 8.17. The molecule has 0 heterocycles. The van der Waals surface area contributed by atoms with Crippen LogP contribution in [0.3, 0.4) is 0 Å². The molecule has 1 rings (SSSR count). The number of rotatable bonds is 7. The number of likely N-dealkylation sites (N-methyl/N-ethyl adjacent to an activating group) is 1. The molecule has 0 aliphatic carbocycles. The van der Waals surface area contributed by atoms with E-state index in [2.05, 4.69) is 57.3 Å². The van der Waals surface area contributed by atoms with Crippen molar-refractivity contribution in [2.45, 2.75) is 58.9 Å². The summed E-state index contributed by atoms with van der Waals surface area (Å²) in [4.78, 5) is 0. The predicted octanol–water partition coefficient (Wildman–Crippen LogP) is 4.13. The van der Waals surface area contributed by atoms with Gasteiger partial charge in [0.25, 0.3) is 0 Å². The molecule has 1 unspecified atom stereocenters. The maximum Gasteiger partial charge on any atom is 0.0107 e. The van der Waals surface area contributed by atoms with E-state index in [1.54, 1.807) is 0 Å². The summed E-state index contributed by atoms with van der Waals surface area (Å²) in [7, 11) is 0. The van der Waals surface area contributed by atoms with E-state index in [9.17, 15) is 0 Å². The molecule has 0 amide bonds. The van der Waals surface area contributed by atoms with Crippen molar-refractivity contribution >= 4 is 0 Å². The molecule has 0 saturated carbocycles. The fourth-order valence-corrected chi connectivity index (χ4v) is 2.24. The van der Waals surface area contributed by atoms with Gasteiger partial charge in [0.1, 0.15) is 0 Å². The van der Waals surface area contributed by atoms with E-state index in [0.29, 0.717) is 12.0 Å². The highest BCUT2D eigenvalue weighted by atomic mass is 14.9. The Morgan fingerprint density at radius 2 is 1.71 bits per heavy atom. The van der Waals surface area contributed by atoms with Crippen LogP contribution in [0.5, 0.6) is 0 Å². The first-order valence-corrected chi connectivity index (χ1v) is 6.99. The molecule has 96 valence electrons. The monoisotopic (exact) mass is 233 g/mol. The van der Waals surface area contributed by atoms with Crippen molar-refractivity contribution in [3.05, 3.63) is 35.4 Å². The van der Waals surface area contributed by atoms with Gasteiger partial charge in [-0.15, -0.1) is 0 Å². The van der Waals surface area contributed by atoms with Crippen LogP contribution in [0.1, 0.15) is 57.6 Å². The van der Waals surface area contributed by atoms with Crippen molar-refractivity contribution in [1.29, 1.82) is 0 Å². The minimum Gasteiger partial charge on any atom is -0.314 e. The number of hydrogen-bond acceptors (Lipinski definition) is 1. The second-order valence-electron chi connectivity index (χ2n) is 5.14. The molecule has 0 aliphatic heterocycles. The summed E-state index contributed by atoms with van der Waals surface area (Å²) in [6.45, 7) is 9.99. The van der Waals surface area contributed by atoms with Crippen LogP contribution in [0, 0.1) is 0 Å². The molecule has 1 nitrogen and oxygen atoms in total. The number of nitrogens with one attached hydrogen (secondary N) is 1. The fourth-order valence-electron chi connectivity index (χ4n) is 2.24. The Labute approximate surface area is 107 Å². The highest BCUT2D eigenvalue weighted by molar-refractivity contribution is 5.25. The molecule has 0 aliphatic rings. The van der Waals surface area contributed by atoms with E-state index in [1.807, 2.05) is 0 Å². The minimum atomic E-state index is 0.629. The van der Waals surface area contributed by atoms with Gasteiger partial charge in [0.05, 0.1) is 0 Å². The summed E-state index contributed by atoms with van der Waals surface area (Å²) in [5.41, 5.74) is 2.89. The Balaban J connectivity index is 2.59. The van der Waals surface area contributed by atoms with Crippen LogP contribution >= 0.6 is 0 Å². The van der Waals surface area contributed by atoms with Crippen LogP contribution in [0.4, 0.5) is 0 Å². The van der Waals surface area contributed by atoms with Crippen molar-refractivity contribution in [2.24, 2.45) is 0 Å². The molecule has 1 aromatic rings. The van der Waals surface area contributed by atoms with Crippen LogP contribution in [0.25, 0.3) is 0 Å². The SMILES string of the molecule is CCCC(Cc1ccc(C(C)C)cc1)NCC. The average Bonchev–Trinajstić information content (AvgIpc) is 2.30. The standard InChI is InChI=1S/C16H27N/c1-5-7-16(17-6-2)12-14-8-10-15(11-9-14)13(3)4/h8-11,13,16-17H,5-7,12H2,1-4H3. The van der Waals surface area contributed by atoms with E-state index in [1.165, 1.54) is 24.0 Å². The van der Waals surface area contributed by atoms with E-state index < -0.39 is 0 Å². The Morgan fingerprint density at radius 1 is 1.06 bits per heavy atom. The molecule has 0 spiro atoms. The van der Waals surface area contributed by atoms with E-state index in [-0.39, 0.29) is 0 Å². The van der Waals surface area contributed by atoms with Gasteiger partial charge in [-0.1, -0.05) is 58.4 Å². The van der Waals surface area contributed by atoms with Crippen molar-refractivity contribution in [1.82, 2.24) is 5.32 Å². The summed E-state index contributed by atoms with van der Waals surface area (Å²) in [6.07, 6.45) is 3.67. The maximum atomic E-state index is 3.57. The first-order valence-electron chi connectivity index (χ1n) is 6.99. The van der Waals surface area contributed by atoms with Gasteiger partial charge in [0, 0.05) is 6.04 Å². The zero-order valence-corrected chi connectivity index (χ0v) is 11.8. The van der Waals surface area contributed by atoms with Gasteiger partial charge in [-0.05, 0) is 36.4 Å². The fraction of sp³-hybridized carbons (Fsp3) is 0.625. The molecule has 1 heteroatoms. The second-order valence-corrected chi connectivity index (χ2v) is 5.14. The average molecular weight is 233 g/mol. The van der Waals surface area contributed by atoms with Crippen LogP contribution in [-0.4, -0.2) is 12.6 Å². The molecule has 1 atom stereocenters. The van der Waals surface area contributed by atoms with Crippen molar-refractivity contribution in [2.75, 3.05) is 6.54 Å². The van der Waals surface area contributed by atoms with Gasteiger partial charge in [-0.3, -0.25) is 0 Å². The maximum absolute atomic E-state index is 3.57. The van der Waals surface area contributed by atoms with Gasteiger partial charge in [0.2, 0.25) is 0 Å². The Hall–Kier alpha value is -0.820. The molecular weight excluding hydrogens is 206 g/mol. The highest BCUT2D eigenvalue weighted by Gasteiger charge is 2.07. The normalized spacial score (nSPS) is 13.0. The molecule has 0 fully saturated rings. The van der Waals surface area contributed by atoms with Crippen molar-refractivity contribution in [3.63, 3.8) is 0 Å². The molecule has 0 saturated heterocycles. The lowest BCUT2D eigenvalue weighted by atomic mass is 9.97. The zero-order valence-electron chi connectivity index (χ0n) is 11.8. The Kier molecular flexibility index (Phi) is 6.28. The summed E-state index contributed by atoms with van der Waals surface area (Å²) in [5, 5.41) is 3.57. The van der Waals surface area contributed by atoms with E-state index >= 15 is 0 Å². The second kappa shape index (κ2) is 7.50. The van der Waals surface area contributed by atoms with Gasteiger partial charge >= 0.3 is 0 Å². The topological polar surface area (TPSA) is 12.0 Å². The van der Waals surface area contributed by atoms with Crippen molar-refractivity contribution in [3.8, 4) is 0 Å². The molecule has 0 bridgehead atoms. The first kappa shape index (κ1) is 14.2. The van der Waals surface area contributed by atoms with E-state index in [0.717, 1.165) is 13.0 Å². The van der Waals surface area contributed by atoms with Crippen LogP contribution in [0.2, 0.25) is 0 Å². The largest absolute Gasteiger partial charge is 0.314 e. The summed E-state index contributed by atoms with van der Waals surface area (Å²) < 4.78 is 0. The quantitative estimate of drug-likeness (QED) is 0.746. The molecule has 1 N–H and O–H groups in total. The third kappa shape index (κ3) is 4.91. The zero-order chi connectivity index (χ0) is 12.7. The van der Waals surface area contributed by atoms with Crippen LogP contribution < -0.4 is 5.32 Å². The molecular formula is C16H27N. The summed E-state index contributed by atoms with van der Waals surface area (Å²) >= 11 is 0. The Bertz CT molecular complexity index is 294. The molecule has 17 heavy (non-hydrogen) atoms. The van der Waals surface area contributed by atoms with Crippen molar-refractivity contribution < 1.29 is 0 Å². The van der Waals surface area contributed by atoms with Gasteiger partial charge < -0.3 is 5.32 Å². The van der Waals surface area contributed by atoms with Crippen LogP contribution in [-0.2, 0) is 6.42 Å². The predicted molar refractivity (Wildman–Crippen MR) is 76.6 cm³/mol. The van der Waals surface area contributed by atoms with E-state index in [4.69, 9.17) is 0 Å². The molecule has 1 aromatic carbocycles. The third-order valence-corrected chi connectivity index (χ3v) is 3.26. The van der Waals surface area contributed by atoms with Gasteiger partial charge in [-0.25, -0.2) is 0 Å². The van der Waals surface area contributed by atoms with Gasteiger partial charge in [0.15, 0.2) is 0 Å². The molecule has 0 aromatic heterocycles. The smallest absolute Gasteiger partial charge is 0.0107 e. The number of hydrogen-bond donors (Lipinski definition) is 1. The minimum absolute atomic E-state index is 0.629. The lowest BCUT2D eigenvalue weighted by Crippen LogP contribution is -2.30. The number of benzene rings is 1. The van der Waals surface area contributed by atoms with Crippen LogP contribution in [0.15, 0.2) is 24.3 Å². The lowest BCUT2D eigenvalue weighted by Gasteiger charge is -2.17.